The van der Waals surface area contributed by atoms with E-state index in [-0.39, 0.29) is 73.4 Å². The molecule has 0 radical (unpaired) electrons. The first-order chi connectivity index (χ1) is 34.7. The Morgan fingerprint density at radius 3 is 1.67 bits per heavy atom. The standard InChI is InChI=1S/C30H33N7O5S.C19H18N4O4S.CH3F.2CH4/c1-17-8-21-10-20(11-25(43(7,40)41)27(21)32-13-17)15-37-16-23(24(12-31)36-37)28(38)33-14-22-18(2)9-26(34-19(22)3)35-29(39)42-30(4,5)6;1-4-27-19(24)15-11-23(22-16(15)8-20)10-13-6-14-5-12(2)9-21-18(14)17(7-13)28(3,25)26;1-2;;/h8-11,13,16H,14-15H2,1-7H3,(H,33,38)(H,34,35,39);5-7,9,11H,4,10H2,1-3H3;1H3;2*1H4/i;;1D;;. The van der Waals surface area contributed by atoms with Gasteiger partial charge in [0, 0.05) is 60.3 Å². The van der Waals surface area contributed by atoms with Crippen molar-refractivity contribution < 1.29 is 46.5 Å². The van der Waals surface area contributed by atoms with E-state index in [0.29, 0.717) is 44.4 Å². The molecule has 5 heterocycles. The lowest BCUT2D eigenvalue weighted by Crippen LogP contribution is -2.28. The number of carbonyl (C=O) groups is 3. The van der Waals surface area contributed by atoms with Crippen LogP contribution in [0.3, 0.4) is 0 Å². The number of alkyl halides is 1. The van der Waals surface area contributed by atoms with Gasteiger partial charge in [0.2, 0.25) is 0 Å². The number of hydrogen-bond donors (Lipinski definition) is 2. The van der Waals surface area contributed by atoms with Crippen LogP contribution in [0.1, 0.15) is 115 Å². The van der Waals surface area contributed by atoms with Crippen molar-refractivity contribution in [2.24, 2.45) is 0 Å². The molecule has 7 rings (SSSR count). The van der Waals surface area contributed by atoms with Crippen molar-refractivity contribution in [3.05, 3.63) is 129 Å². The molecule has 0 fully saturated rings. The Bertz CT molecular complexity index is 3600. The van der Waals surface area contributed by atoms with Gasteiger partial charge in [-0.05, 0) is 131 Å². The maximum Gasteiger partial charge on any atom is 0.413 e. The summed E-state index contributed by atoms with van der Waals surface area (Å²) in [5, 5.41) is 34.0. The molecule has 0 unspecified atom stereocenters. The highest BCUT2D eigenvalue weighted by molar-refractivity contribution is 7.91. The molecule has 2 N–H and O–H groups in total. The van der Waals surface area contributed by atoms with Crippen LogP contribution in [0.25, 0.3) is 21.8 Å². The Balaban J connectivity index is 0.000000399. The molecule has 0 atom stereocenters. The SMILES string of the molecule is C.C.CCOC(=O)c1cn(Cc2cc(S(C)(=O)=O)c3ncc(C)cc3c2)nc1C#N.Cc1cnc2c(S(C)(=O)=O)cc(Cn3cc(C(=O)NCc4c(C)cc(NC(=O)OC(C)(C)C)nc4C)c(C#N)n3)cc2c1.[2H]CF. The van der Waals surface area contributed by atoms with E-state index < -0.39 is 50.4 Å². The molecular weight excluding hydrogens is 1010 g/mol. The van der Waals surface area contributed by atoms with Crippen molar-refractivity contribution in [1.29, 1.82) is 10.5 Å². The van der Waals surface area contributed by atoms with Crippen LogP contribution in [0.4, 0.5) is 15.0 Å². The highest BCUT2D eigenvalue weighted by atomic mass is 32.2. The molecule has 0 aliphatic rings. The molecule has 7 aromatic rings. The number of fused-ring (bicyclic) bond motifs is 2. The molecule has 0 aliphatic heterocycles. The largest absolute Gasteiger partial charge is 0.462 e. The number of amides is 2. The van der Waals surface area contributed by atoms with Crippen molar-refractivity contribution in [3.8, 4) is 12.1 Å². The van der Waals surface area contributed by atoms with Crippen LogP contribution in [-0.2, 0) is 48.8 Å². The summed E-state index contributed by atoms with van der Waals surface area (Å²) < 4.78 is 78.0. The van der Waals surface area contributed by atoms with Crippen molar-refractivity contribution >= 4 is 65.3 Å². The average Bonchev–Trinajstić information content (AvgIpc) is 3.91. The summed E-state index contributed by atoms with van der Waals surface area (Å²) in [5.74, 6) is -0.806. The number of ether oxygens (including phenoxy) is 2. The number of aromatic nitrogens is 7. The van der Waals surface area contributed by atoms with E-state index >= 15 is 0 Å². The normalized spacial score (nSPS) is 11.2. The van der Waals surface area contributed by atoms with E-state index in [1.807, 2.05) is 57.2 Å². The number of carbonyl (C=O) groups excluding carboxylic acids is 3. The van der Waals surface area contributed by atoms with Gasteiger partial charge in [-0.15, -0.1) is 0 Å². The molecule has 5 aromatic heterocycles. The molecular formula is C52H62FN11O9S2. The minimum atomic E-state index is -3.58. The maximum absolute atomic E-state index is 13.1. The van der Waals surface area contributed by atoms with Crippen LogP contribution in [0.5, 0.6) is 0 Å². The molecule has 2 amide bonds. The predicted octanol–water partition coefficient (Wildman–Crippen LogP) is 8.45. The van der Waals surface area contributed by atoms with E-state index in [9.17, 15) is 46.1 Å². The average molecular weight is 1070 g/mol. The molecule has 398 valence electrons. The van der Waals surface area contributed by atoms with E-state index in [2.05, 4.69) is 35.8 Å². The Hall–Kier alpha value is -8.15. The van der Waals surface area contributed by atoms with E-state index in [4.69, 9.17) is 10.8 Å². The summed E-state index contributed by atoms with van der Waals surface area (Å²) in [6.07, 6.45) is 7.75. The van der Waals surface area contributed by atoms with Gasteiger partial charge in [-0.2, -0.15) is 20.7 Å². The van der Waals surface area contributed by atoms with Gasteiger partial charge in [-0.3, -0.25) is 33.8 Å². The second-order valence-corrected chi connectivity index (χ2v) is 21.7. The van der Waals surface area contributed by atoms with E-state index in [0.717, 1.165) is 34.8 Å². The Morgan fingerprint density at radius 1 is 0.773 bits per heavy atom. The summed E-state index contributed by atoms with van der Waals surface area (Å²) in [5.41, 5.74) is 5.38. The van der Waals surface area contributed by atoms with Gasteiger partial charge in [0.15, 0.2) is 31.1 Å². The van der Waals surface area contributed by atoms with Crippen LogP contribution in [0.2, 0.25) is 0 Å². The predicted molar refractivity (Wildman–Crippen MR) is 282 cm³/mol. The van der Waals surface area contributed by atoms with Crippen LogP contribution >= 0.6 is 0 Å². The number of benzene rings is 2. The third-order valence-corrected chi connectivity index (χ3v) is 12.7. The van der Waals surface area contributed by atoms with Crippen LogP contribution in [0.15, 0.2) is 77.0 Å². The smallest absolute Gasteiger partial charge is 0.413 e. The minimum absolute atomic E-state index is 0. The van der Waals surface area contributed by atoms with Crippen molar-refractivity contribution in [2.75, 3.05) is 31.6 Å². The number of nitriles is 2. The monoisotopic (exact) mass is 1070 g/mol. The maximum atomic E-state index is 13.1. The lowest BCUT2D eigenvalue weighted by molar-refractivity contribution is 0.0524. The van der Waals surface area contributed by atoms with Crippen LogP contribution < -0.4 is 10.6 Å². The highest BCUT2D eigenvalue weighted by Crippen LogP contribution is 2.27. The zero-order valence-corrected chi connectivity index (χ0v) is 43.4. The fourth-order valence-corrected chi connectivity index (χ4v) is 9.22. The number of esters is 1. The number of halogens is 1. The molecule has 20 nitrogen and oxygen atoms in total. The van der Waals surface area contributed by atoms with Gasteiger partial charge < -0.3 is 14.8 Å². The zero-order chi connectivity index (χ0) is 54.9. The van der Waals surface area contributed by atoms with E-state index in [1.54, 1.807) is 53.1 Å². The molecule has 0 spiro atoms. The second-order valence-electron chi connectivity index (χ2n) is 17.7. The molecule has 0 saturated heterocycles. The van der Waals surface area contributed by atoms with Gasteiger partial charge in [0.25, 0.3) is 5.91 Å². The number of hydrogen-bond acceptors (Lipinski definition) is 16. The number of aryl methyl sites for hydroxylation is 4. The van der Waals surface area contributed by atoms with Crippen molar-refractivity contribution in [1.82, 2.24) is 39.8 Å². The molecule has 2 aromatic carbocycles. The first kappa shape index (κ1) is 59.4. The molecule has 23 heteroatoms. The number of pyridine rings is 3. The third kappa shape index (κ3) is 15.7. The van der Waals surface area contributed by atoms with Crippen LogP contribution in [0, 0.1) is 50.4 Å². The molecule has 0 aliphatic carbocycles. The Labute approximate surface area is 438 Å². The second kappa shape index (κ2) is 25.2. The van der Waals surface area contributed by atoms with Gasteiger partial charge in [-0.1, -0.05) is 14.9 Å². The van der Waals surface area contributed by atoms with Gasteiger partial charge in [0.1, 0.15) is 29.1 Å². The fourth-order valence-electron chi connectivity index (χ4n) is 7.45. The minimum Gasteiger partial charge on any atom is -0.462 e. The van der Waals surface area contributed by atoms with Gasteiger partial charge in [0.05, 0.1) is 54.6 Å². The molecule has 0 bridgehead atoms. The number of nitrogens with one attached hydrogen (secondary N) is 2. The summed E-state index contributed by atoms with van der Waals surface area (Å²) in [4.78, 5) is 50.4. The van der Waals surface area contributed by atoms with Crippen molar-refractivity contribution in [3.63, 3.8) is 0 Å². The zero-order valence-electron chi connectivity index (χ0n) is 42.8. The van der Waals surface area contributed by atoms with Crippen molar-refractivity contribution in [2.45, 2.75) is 105 Å². The Kier molecular flexibility index (Phi) is 20.0. The number of nitrogens with zero attached hydrogens (tertiary/aromatic N) is 9. The van der Waals surface area contributed by atoms with E-state index in [1.165, 1.54) is 33.9 Å². The lowest BCUT2D eigenvalue weighted by Gasteiger charge is -2.20. The summed E-state index contributed by atoms with van der Waals surface area (Å²) in [7, 11) is -8.08. The van der Waals surface area contributed by atoms with Gasteiger partial charge in [-0.25, -0.2) is 31.4 Å². The molecule has 75 heavy (non-hydrogen) atoms. The summed E-state index contributed by atoms with van der Waals surface area (Å²) in [6, 6.07) is 15.9. The number of anilines is 1. The summed E-state index contributed by atoms with van der Waals surface area (Å²) in [6.45, 7) is 14.9. The first-order valence-corrected chi connectivity index (χ1v) is 25.9. The topological polar surface area (TPSA) is 284 Å². The number of rotatable bonds is 12. The first-order valence-electron chi connectivity index (χ1n) is 22.8. The van der Waals surface area contributed by atoms with Crippen LogP contribution in [-0.4, -0.2) is 101 Å². The highest BCUT2D eigenvalue weighted by Gasteiger charge is 2.23. The quantitative estimate of drug-likeness (QED) is 0.109. The molecule has 0 saturated carbocycles. The summed E-state index contributed by atoms with van der Waals surface area (Å²) >= 11 is 0. The fraction of sp³-hybridized carbons (Fsp3) is 0.346. The Morgan fingerprint density at radius 2 is 1.24 bits per heavy atom. The number of sulfone groups is 2. The third-order valence-electron chi connectivity index (χ3n) is 10.5. The van der Waals surface area contributed by atoms with Gasteiger partial charge >= 0.3 is 12.1 Å². The lowest BCUT2D eigenvalue weighted by atomic mass is 10.1.